The molecule has 104 valence electrons. The highest BCUT2D eigenvalue weighted by atomic mass is 16.6. The second-order valence-electron chi connectivity index (χ2n) is 4.06. The molecule has 0 N–H and O–H groups in total. The van der Waals surface area contributed by atoms with E-state index in [2.05, 4.69) is 0 Å². The van der Waals surface area contributed by atoms with E-state index < -0.39 is 4.92 Å². The lowest BCUT2D eigenvalue weighted by Crippen LogP contribution is -2.10. The number of aryl methyl sites for hydroxylation is 2. The number of carbonyl (C=O) groups excluding carboxylic acids is 1. The van der Waals surface area contributed by atoms with Gasteiger partial charge in [0.1, 0.15) is 5.75 Å². The van der Waals surface area contributed by atoms with Crippen molar-refractivity contribution < 1.29 is 19.2 Å². The van der Waals surface area contributed by atoms with Gasteiger partial charge in [0.25, 0.3) is 5.69 Å². The van der Waals surface area contributed by atoms with Gasteiger partial charge < -0.3 is 9.47 Å². The zero-order valence-electron chi connectivity index (χ0n) is 11.3. The molecule has 0 unspecified atom stereocenters. The number of nitrogens with zero attached hydrogens (tertiary/aromatic N) is 1. The van der Waals surface area contributed by atoms with Crippen LogP contribution < -0.4 is 4.74 Å². The molecule has 0 fully saturated rings. The van der Waals surface area contributed by atoms with Gasteiger partial charge in [-0.3, -0.25) is 14.9 Å². The molecular weight excluding hydrogens is 250 g/mol. The van der Waals surface area contributed by atoms with E-state index in [4.69, 9.17) is 9.47 Å². The second-order valence-corrected chi connectivity index (χ2v) is 4.06. The molecule has 6 heteroatoms. The summed E-state index contributed by atoms with van der Waals surface area (Å²) in [5.41, 5.74) is 1.39. The summed E-state index contributed by atoms with van der Waals surface area (Å²) in [6, 6.07) is 3.08. The van der Waals surface area contributed by atoms with Crippen LogP contribution in [0.2, 0.25) is 0 Å². The van der Waals surface area contributed by atoms with Gasteiger partial charge >= 0.3 is 5.97 Å². The molecule has 0 heterocycles. The van der Waals surface area contributed by atoms with E-state index in [1.54, 1.807) is 26.8 Å². The van der Waals surface area contributed by atoms with Crippen molar-refractivity contribution in [3.8, 4) is 5.75 Å². The topological polar surface area (TPSA) is 78.7 Å². The molecule has 0 radical (unpaired) electrons. The van der Waals surface area contributed by atoms with Gasteiger partial charge in [-0.1, -0.05) is 0 Å². The van der Waals surface area contributed by atoms with Crippen molar-refractivity contribution in [2.45, 2.75) is 27.2 Å². The zero-order valence-corrected chi connectivity index (χ0v) is 11.3. The summed E-state index contributed by atoms with van der Waals surface area (Å²) in [6.07, 6.45) is 0.120. The Kier molecular flexibility index (Phi) is 5.29. The normalized spacial score (nSPS) is 10.1. The third-order valence-corrected chi connectivity index (χ3v) is 2.56. The lowest BCUT2D eigenvalue weighted by atomic mass is 10.1. The van der Waals surface area contributed by atoms with E-state index in [1.807, 2.05) is 0 Å². The highest BCUT2D eigenvalue weighted by Crippen LogP contribution is 2.28. The summed E-state index contributed by atoms with van der Waals surface area (Å²) in [5, 5.41) is 10.8. The van der Waals surface area contributed by atoms with Crippen molar-refractivity contribution in [1.29, 1.82) is 0 Å². The van der Waals surface area contributed by atoms with Crippen LogP contribution in [0.5, 0.6) is 5.75 Å². The third kappa shape index (κ3) is 4.24. The number of nitro groups is 1. The molecule has 19 heavy (non-hydrogen) atoms. The predicted octanol–water partition coefficient (Wildman–Crippen LogP) is 2.54. The average Bonchev–Trinajstić information content (AvgIpc) is 2.31. The fourth-order valence-corrected chi connectivity index (χ4v) is 1.65. The number of hydrogen-bond acceptors (Lipinski definition) is 5. The Bertz CT molecular complexity index is 484. The molecule has 1 rings (SSSR count). The van der Waals surface area contributed by atoms with Crippen molar-refractivity contribution >= 4 is 11.7 Å². The molecular formula is C13H17NO5. The number of nitro benzene ring substituents is 1. The zero-order chi connectivity index (χ0) is 14.4. The number of esters is 1. The molecule has 0 aromatic heterocycles. The number of rotatable bonds is 6. The Hall–Kier alpha value is -2.11. The van der Waals surface area contributed by atoms with Crippen LogP contribution in [0, 0.1) is 24.0 Å². The van der Waals surface area contributed by atoms with Gasteiger partial charge in [0.05, 0.1) is 30.6 Å². The van der Waals surface area contributed by atoms with Crippen LogP contribution in [0.4, 0.5) is 5.69 Å². The van der Waals surface area contributed by atoms with Crippen LogP contribution in [0.3, 0.4) is 0 Å². The van der Waals surface area contributed by atoms with Crippen molar-refractivity contribution in [2.24, 2.45) is 0 Å². The fraction of sp³-hybridized carbons (Fsp3) is 0.462. The van der Waals surface area contributed by atoms with E-state index in [-0.39, 0.29) is 24.7 Å². The molecule has 0 aliphatic heterocycles. The molecule has 1 aromatic carbocycles. The molecule has 0 saturated heterocycles. The van der Waals surface area contributed by atoms with Gasteiger partial charge in [-0.2, -0.15) is 0 Å². The molecule has 0 aliphatic carbocycles. The maximum Gasteiger partial charge on any atom is 0.309 e. The molecule has 0 bridgehead atoms. The minimum Gasteiger partial charge on any atom is -0.492 e. The highest BCUT2D eigenvalue weighted by Gasteiger charge is 2.14. The lowest BCUT2D eigenvalue weighted by molar-refractivity contribution is -0.385. The van der Waals surface area contributed by atoms with Crippen molar-refractivity contribution in [3.63, 3.8) is 0 Å². The Morgan fingerprint density at radius 2 is 2.00 bits per heavy atom. The Morgan fingerprint density at radius 3 is 2.58 bits per heavy atom. The van der Waals surface area contributed by atoms with E-state index in [1.165, 1.54) is 6.07 Å². The molecule has 0 amide bonds. The summed E-state index contributed by atoms with van der Waals surface area (Å²) in [4.78, 5) is 21.5. The average molecular weight is 267 g/mol. The van der Waals surface area contributed by atoms with Crippen LogP contribution in [-0.4, -0.2) is 24.1 Å². The summed E-state index contributed by atoms with van der Waals surface area (Å²) < 4.78 is 10.2. The predicted molar refractivity (Wildman–Crippen MR) is 69.3 cm³/mol. The molecule has 0 aliphatic rings. The van der Waals surface area contributed by atoms with Crippen molar-refractivity contribution in [3.05, 3.63) is 33.4 Å². The fourth-order valence-electron chi connectivity index (χ4n) is 1.65. The Balaban J connectivity index is 2.70. The van der Waals surface area contributed by atoms with Gasteiger partial charge in [-0.15, -0.1) is 0 Å². The van der Waals surface area contributed by atoms with Gasteiger partial charge in [0.2, 0.25) is 0 Å². The first-order valence-electron chi connectivity index (χ1n) is 5.99. The van der Waals surface area contributed by atoms with Gasteiger partial charge in [-0.05, 0) is 32.4 Å². The molecule has 0 atom stereocenters. The molecule has 1 aromatic rings. The summed E-state index contributed by atoms with van der Waals surface area (Å²) in [5.74, 6) is 0.0726. The minimum absolute atomic E-state index is 0.0109. The smallest absolute Gasteiger partial charge is 0.309 e. The van der Waals surface area contributed by atoms with Crippen LogP contribution in [-0.2, 0) is 9.53 Å². The van der Waals surface area contributed by atoms with Gasteiger partial charge in [0.15, 0.2) is 0 Å². The lowest BCUT2D eigenvalue weighted by Gasteiger charge is -2.09. The Labute approximate surface area is 111 Å². The number of carbonyl (C=O) groups is 1. The van der Waals surface area contributed by atoms with Gasteiger partial charge in [0, 0.05) is 5.56 Å². The Morgan fingerprint density at radius 1 is 1.32 bits per heavy atom. The van der Waals surface area contributed by atoms with E-state index >= 15 is 0 Å². The van der Waals surface area contributed by atoms with Gasteiger partial charge in [-0.25, -0.2) is 0 Å². The quantitative estimate of drug-likeness (QED) is 0.449. The van der Waals surface area contributed by atoms with E-state index in [0.29, 0.717) is 17.9 Å². The number of ether oxygens (including phenoxy) is 2. The second kappa shape index (κ2) is 6.72. The maximum atomic E-state index is 11.1. The monoisotopic (exact) mass is 267 g/mol. The highest BCUT2D eigenvalue weighted by molar-refractivity contribution is 5.69. The van der Waals surface area contributed by atoms with Crippen molar-refractivity contribution in [1.82, 2.24) is 0 Å². The van der Waals surface area contributed by atoms with Crippen LogP contribution in [0.1, 0.15) is 24.5 Å². The minimum atomic E-state index is -0.451. The number of benzene rings is 1. The van der Waals surface area contributed by atoms with E-state index in [0.717, 1.165) is 5.56 Å². The maximum absolute atomic E-state index is 11.1. The third-order valence-electron chi connectivity index (χ3n) is 2.56. The molecule has 6 nitrogen and oxygen atoms in total. The van der Waals surface area contributed by atoms with E-state index in [9.17, 15) is 14.9 Å². The van der Waals surface area contributed by atoms with Crippen LogP contribution >= 0.6 is 0 Å². The standard InChI is InChI=1S/C13H17NO5/c1-4-18-13(15)5-6-19-12-8-11(14(16)17)9(2)7-10(12)3/h7-8H,4-6H2,1-3H3. The van der Waals surface area contributed by atoms with Crippen LogP contribution in [0.25, 0.3) is 0 Å². The van der Waals surface area contributed by atoms with Crippen LogP contribution in [0.15, 0.2) is 12.1 Å². The van der Waals surface area contributed by atoms with Crippen molar-refractivity contribution in [2.75, 3.05) is 13.2 Å². The largest absolute Gasteiger partial charge is 0.492 e. The first-order chi connectivity index (χ1) is 8.95. The first kappa shape index (κ1) is 14.9. The molecule has 0 spiro atoms. The first-order valence-corrected chi connectivity index (χ1v) is 5.99. The summed E-state index contributed by atoms with van der Waals surface area (Å²) in [7, 11) is 0. The summed E-state index contributed by atoms with van der Waals surface area (Å²) >= 11 is 0. The number of hydrogen-bond donors (Lipinski definition) is 0. The molecule has 0 saturated carbocycles. The summed E-state index contributed by atoms with van der Waals surface area (Å²) in [6.45, 7) is 5.67. The SMILES string of the molecule is CCOC(=O)CCOc1cc([N+](=O)[O-])c(C)cc1C.